The van der Waals surface area contributed by atoms with Crippen molar-refractivity contribution in [1.29, 1.82) is 0 Å². The topological polar surface area (TPSA) is 42.9 Å². The van der Waals surface area contributed by atoms with Gasteiger partial charge in [-0.15, -0.1) is 0 Å². The van der Waals surface area contributed by atoms with Gasteiger partial charge in [-0.3, -0.25) is 9.78 Å². The zero-order valence-electron chi connectivity index (χ0n) is 12.8. The molecule has 4 heteroatoms. The highest BCUT2D eigenvalue weighted by Crippen LogP contribution is 2.11. The maximum Gasteiger partial charge on any atom is 0.178 e. The number of hydrogen-bond acceptors (Lipinski definition) is 3. The third kappa shape index (κ3) is 4.37. The first-order chi connectivity index (χ1) is 10.5. The van der Waals surface area contributed by atoms with Gasteiger partial charge in [0.2, 0.25) is 0 Å². The van der Waals surface area contributed by atoms with Gasteiger partial charge in [0.1, 0.15) is 0 Å². The lowest BCUT2D eigenvalue weighted by Crippen LogP contribution is -1.99. The summed E-state index contributed by atoms with van der Waals surface area (Å²) in [6.45, 7) is 5.71. The van der Waals surface area contributed by atoms with Crippen LogP contribution in [0.3, 0.4) is 0 Å². The fourth-order valence-corrected chi connectivity index (χ4v) is 1.98. The molecule has 0 N–H and O–H groups in total. The molecule has 1 heterocycles. The number of aromatic nitrogens is 2. The van der Waals surface area contributed by atoms with Crippen LogP contribution in [0.5, 0.6) is 0 Å². The van der Waals surface area contributed by atoms with Crippen molar-refractivity contribution < 1.29 is 4.79 Å². The number of hydrogen-bond donors (Lipinski definition) is 0. The van der Waals surface area contributed by atoms with Crippen molar-refractivity contribution in [2.24, 2.45) is 0 Å². The van der Waals surface area contributed by atoms with Gasteiger partial charge < -0.3 is 0 Å². The van der Waals surface area contributed by atoms with E-state index >= 15 is 0 Å². The molecule has 0 bridgehead atoms. The van der Waals surface area contributed by atoms with Crippen molar-refractivity contribution in [3.05, 3.63) is 69.8 Å². The molecule has 0 amide bonds. The van der Waals surface area contributed by atoms with Crippen LogP contribution in [0.4, 0.5) is 0 Å². The highest BCUT2D eigenvalue weighted by molar-refractivity contribution is 6.30. The fourth-order valence-electron chi connectivity index (χ4n) is 1.86. The Kier molecular flexibility index (Phi) is 5.23. The Hall–Kier alpha value is -2.26. The number of ketones is 1. The Balaban J connectivity index is 2.08. The Morgan fingerprint density at radius 1 is 0.909 bits per heavy atom. The maximum atomic E-state index is 11.9. The summed E-state index contributed by atoms with van der Waals surface area (Å²) in [5.41, 5.74) is 4.23. The number of carbonyl (C=O) groups is 1. The number of aryl methyl sites for hydroxylation is 3. The first-order valence-electron chi connectivity index (χ1n) is 6.93. The number of rotatable bonds is 4. The SMILES string of the molecule is Cc1nc(C)c(/C=C/C(=O)/C=C/c2ccc(Cl)cc2)nc1C. The van der Waals surface area contributed by atoms with E-state index in [-0.39, 0.29) is 5.78 Å². The van der Waals surface area contributed by atoms with Gasteiger partial charge in [-0.05, 0) is 56.7 Å². The lowest BCUT2D eigenvalue weighted by Gasteiger charge is -2.03. The van der Waals surface area contributed by atoms with E-state index in [1.54, 1.807) is 24.3 Å². The van der Waals surface area contributed by atoms with E-state index in [2.05, 4.69) is 9.97 Å². The van der Waals surface area contributed by atoms with Crippen molar-refractivity contribution in [3.63, 3.8) is 0 Å². The first-order valence-corrected chi connectivity index (χ1v) is 7.31. The van der Waals surface area contributed by atoms with Crippen LogP contribution in [0.25, 0.3) is 12.2 Å². The summed E-state index contributed by atoms with van der Waals surface area (Å²) in [5.74, 6) is -0.102. The quantitative estimate of drug-likeness (QED) is 0.788. The molecule has 1 aromatic carbocycles. The van der Waals surface area contributed by atoms with Crippen LogP contribution in [0.2, 0.25) is 5.02 Å². The smallest absolute Gasteiger partial charge is 0.178 e. The van der Waals surface area contributed by atoms with Crippen molar-refractivity contribution in [3.8, 4) is 0 Å². The van der Waals surface area contributed by atoms with Crippen LogP contribution in [-0.2, 0) is 4.79 Å². The predicted molar refractivity (Wildman–Crippen MR) is 90.8 cm³/mol. The summed E-state index contributed by atoms with van der Waals surface area (Å²) >= 11 is 5.82. The second-order valence-electron chi connectivity index (χ2n) is 4.99. The van der Waals surface area contributed by atoms with Gasteiger partial charge in [-0.25, -0.2) is 4.98 Å². The average Bonchev–Trinajstić information content (AvgIpc) is 2.49. The maximum absolute atomic E-state index is 11.9. The van der Waals surface area contributed by atoms with E-state index in [0.29, 0.717) is 5.02 Å². The molecule has 0 saturated carbocycles. The number of carbonyl (C=O) groups excluding carboxylic acids is 1. The molecule has 22 heavy (non-hydrogen) atoms. The monoisotopic (exact) mass is 312 g/mol. The van der Waals surface area contributed by atoms with Gasteiger partial charge in [0.25, 0.3) is 0 Å². The predicted octanol–water partition coefficient (Wildman–Crippen LogP) is 4.35. The van der Waals surface area contributed by atoms with Gasteiger partial charge in [-0.2, -0.15) is 0 Å². The molecular weight excluding hydrogens is 296 g/mol. The van der Waals surface area contributed by atoms with Gasteiger partial charge >= 0.3 is 0 Å². The molecule has 0 spiro atoms. The minimum absolute atomic E-state index is 0.102. The molecule has 0 radical (unpaired) electrons. The normalized spacial score (nSPS) is 11.5. The summed E-state index contributed by atoms with van der Waals surface area (Å²) in [6.07, 6.45) is 6.47. The number of halogens is 1. The molecule has 3 nitrogen and oxygen atoms in total. The zero-order chi connectivity index (χ0) is 16.1. The van der Waals surface area contributed by atoms with E-state index < -0.39 is 0 Å². The van der Waals surface area contributed by atoms with E-state index in [0.717, 1.165) is 28.3 Å². The molecule has 0 atom stereocenters. The molecule has 1 aromatic heterocycles. The van der Waals surface area contributed by atoms with Gasteiger partial charge in [0.05, 0.1) is 22.8 Å². The number of nitrogens with zero attached hydrogens (tertiary/aromatic N) is 2. The van der Waals surface area contributed by atoms with Crippen molar-refractivity contribution in [2.75, 3.05) is 0 Å². The molecule has 0 unspecified atom stereocenters. The van der Waals surface area contributed by atoms with Crippen LogP contribution in [0, 0.1) is 20.8 Å². The summed E-state index contributed by atoms with van der Waals surface area (Å²) in [6, 6.07) is 7.29. The number of benzene rings is 1. The third-order valence-corrected chi connectivity index (χ3v) is 3.49. The average molecular weight is 313 g/mol. The largest absolute Gasteiger partial charge is 0.290 e. The highest BCUT2D eigenvalue weighted by Gasteiger charge is 2.02. The molecule has 0 saturated heterocycles. The van der Waals surface area contributed by atoms with Gasteiger partial charge in [0, 0.05) is 5.02 Å². The molecule has 0 aliphatic rings. The highest BCUT2D eigenvalue weighted by atomic mass is 35.5. The summed E-state index contributed by atoms with van der Waals surface area (Å²) in [4.78, 5) is 20.7. The minimum atomic E-state index is -0.102. The van der Waals surface area contributed by atoms with Crippen LogP contribution in [0.15, 0.2) is 36.4 Å². The van der Waals surface area contributed by atoms with Crippen LogP contribution in [0.1, 0.15) is 28.3 Å². The molecular formula is C18H17ClN2O. The Bertz CT molecular complexity index is 746. The molecule has 0 fully saturated rings. The molecule has 2 aromatic rings. The Labute approximate surface area is 135 Å². The lowest BCUT2D eigenvalue weighted by molar-refractivity contribution is -0.110. The van der Waals surface area contributed by atoms with E-state index in [1.807, 2.05) is 32.9 Å². The van der Waals surface area contributed by atoms with E-state index in [1.165, 1.54) is 12.2 Å². The molecule has 112 valence electrons. The Morgan fingerprint density at radius 2 is 1.50 bits per heavy atom. The third-order valence-electron chi connectivity index (χ3n) is 3.23. The zero-order valence-corrected chi connectivity index (χ0v) is 13.6. The standard InChI is InChI=1S/C18H17ClN2O/c1-12-13(2)21-18(14(3)20-12)11-10-17(22)9-6-15-4-7-16(19)8-5-15/h4-11H,1-3H3/b9-6+,11-10+. The van der Waals surface area contributed by atoms with Crippen LogP contribution >= 0.6 is 11.6 Å². The van der Waals surface area contributed by atoms with Crippen molar-refractivity contribution in [1.82, 2.24) is 9.97 Å². The van der Waals surface area contributed by atoms with Gasteiger partial charge in [-0.1, -0.05) is 29.8 Å². The molecule has 2 rings (SSSR count). The number of allylic oxidation sites excluding steroid dienone is 2. The van der Waals surface area contributed by atoms with E-state index in [9.17, 15) is 4.79 Å². The van der Waals surface area contributed by atoms with Crippen molar-refractivity contribution in [2.45, 2.75) is 20.8 Å². The Morgan fingerprint density at radius 3 is 2.18 bits per heavy atom. The lowest BCUT2D eigenvalue weighted by atomic mass is 10.2. The summed E-state index contributed by atoms with van der Waals surface area (Å²) in [5, 5.41) is 0.673. The fraction of sp³-hybridized carbons (Fsp3) is 0.167. The summed E-state index contributed by atoms with van der Waals surface area (Å²) in [7, 11) is 0. The van der Waals surface area contributed by atoms with Gasteiger partial charge in [0.15, 0.2) is 5.78 Å². The minimum Gasteiger partial charge on any atom is -0.290 e. The van der Waals surface area contributed by atoms with E-state index in [4.69, 9.17) is 11.6 Å². The van der Waals surface area contributed by atoms with Crippen LogP contribution < -0.4 is 0 Å². The van der Waals surface area contributed by atoms with Crippen molar-refractivity contribution >= 4 is 29.5 Å². The molecule has 0 aliphatic heterocycles. The summed E-state index contributed by atoms with van der Waals surface area (Å²) < 4.78 is 0. The first kappa shape index (κ1) is 16.1. The second-order valence-corrected chi connectivity index (χ2v) is 5.42. The molecule has 0 aliphatic carbocycles. The second kappa shape index (κ2) is 7.14. The van der Waals surface area contributed by atoms with Crippen LogP contribution in [-0.4, -0.2) is 15.8 Å².